The number of halogens is 1. The van der Waals surface area contributed by atoms with Crippen LogP contribution in [-0.2, 0) is 9.59 Å². The molecule has 3 nitrogen and oxygen atoms in total. The van der Waals surface area contributed by atoms with Crippen molar-refractivity contribution in [3.05, 3.63) is 0 Å². The second-order valence-electron chi connectivity index (χ2n) is 3.39. The highest BCUT2D eigenvalue weighted by Gasteiger charge is 2.20. The number of alkyl halides is 1. The van der Waals surface area contributed by atoms with Crippen molar-refractivity contribution in [3.63, 3.8) is 0 Å². The summed E-state index contributed by atoms with van der Waals surface area (Å²) in [7, 11) is 0. The number of rotatable bonds is 5. The number of carbonyl (C=O) groups excluding carboxylic acids is 2. The minimum atomic E-state index is -0.0898. The van der Waals surface area contributed by atoms with E-state index in [1.807, 2.05) is 13.8 Å². The van der Waals surface area contributed by atoms with Crippen LogP contribution >= 0.6 is 15.9 Å². The van der Waals surface area contributed by atoms with Crippen molar-refractivity contribution in [2.75, 3.05) is 11.9 Å². The van der Waals surface area contributed by atoms with Gasteiger partial charge in [-0.05, 0) is 5.92 Å². The van der Waals surface area contributed by atoms with Gasteiger partial charge in [0.1, 0.15) is 5.78 Å². The van der Waals surface area contributed by atoms with E-state index in [0.717, 1.165) is 0 Å². The lowest BCUT2D eigenvalue weighted by atomic mass is 9.92. The molecule has 13 heavy (non-hydrogen) atoms. The van der Waals surface area contributed by atoms with Crippen LogP contribution in [0.25, 0.3) is 0 Å². The zero-order valence-corrected chi connectivity index (χ0v) is 9.85. The Hall–Kier alpha value is -0.380. The molecule has 0 aliphatic heterocycles. The first-order chi connectivity index (χ1) is 5.99. The highest BCUT2D eigenvalue weighted by molar-refractivity contribution is 9.09. The van der Waals surface area contributed by atoms with Crippen LogP contribution in [0.4, 0.5) is 0 Å². The minimum Gasteiger partial charge on any atom is -0.356 e. The number of amides is 1. The van der Waals surface area contributed by atoms with Crippen molar-refractivity contribution < 1.29 is 9.59 Å². The van der Waals surface area contributed by atoms with Gasteiger partial charge < -0.3 is 5.32 Å². The summed E-state index contributed by atoms with van der Waals surface area (Å²) in [5.41, 5.74) is 0. The van der Waals surface area contributed by atoms with Gasteiger partial charge in [-0.2, -0.15) is 0 Å². The van der Waals surface area contributed by atoms with Gasteiger partial charge in [0, 0.05) is 19.4 Å². The van der Waals surface area contributed by atoms with Crippen LogP contribution < -0.4 is 5.32 Å². The van der Waals surface area contributed by atoms with Crippen molar-refractivity contribution in [2.45, 2.75) is 20.8 Å². The van der Waals surface area contributed by atoms with Crippen LogP contribution in [-0.4, -0.2) is 23.6 Å². The summed E-state index contributed by atoms with van der Waals surface area (Å²) in [4.78, 5) is 22.0. The predicted molar refractivity (Wildman–Crippen MR) is 55.8 cm³/mol. The first-order valence-corrected chi connectivity index (χ1v) is 5.44. The molecule has 4 heteroatoms. The molecule has 1 amide bonds. The number of carbonyl (C=O) groups is 2. The van der Waals surface area contributed by atoms with E-state index in [1.165, 1.54) is 6.92 Å². The molecule has 0 rings (SSSR count). The van der Waals surface area contributed by atoms with Crippen LogP contribution in [0.1, 0.15) is 20.8 Å². The maximum Gasteiger partial charge on any atom is 0.216 e. The number of hydrogen-bond acceptors (Lipinski definition) is 2. The van der Waals surface area contributed by atoms with E-state index in [1.54, 1.807) is 0 Å². The SMILES string of the molecule is CC(=O)NCC(C(=O)CBr)C(C)C. The van der Waals surface area contributed by atoms with E-state index < -0.39 is 0 Å². The Morgan fingerprint density at radius 3 is 2.23 bits per heavy atom. The van der Waals surface area contributed by atoms with Crippen LogP contribution in [0.3, 0.4) is 0 Å². The van der Waals surface area contributed by atoms with Gasteiger partial charge >= 0.3 is 0 Å². The predicted octanol–water partition coefficient (Wildman–Crippen LogP) is 1.36. The summed E-state index contributed by atoms with van der Waals surface area (Å²) in [5, 5.41) is 3.02. The van der Waals surface area contributed by atoms with Crippen LogP contribution in [0.15, 0.2) is 0 Å². The van der Waals surface area contributed by atoms with Gasteiger partial charge in [-0.3, -0.25) is 9.59 Å². The van der Waals surface area contributed by atoms with E-state index in [0.29, 0.717) is 11.9 Å². The molecule has 0 aliphatic rings. The molecular formula is C9H16BrNO2. The van der Waals surface area contributed by atoms with Gasteiger partial charge in [0.05, 0.1) is 5.33 Å². The summed E-state index contributed by atoms with van der Waals surface area (Å²) in [5.74, 6) is 0.233. The van der Waals surface area contributed by atoms with Crippen LogP contribution in [0.2, 0.25) is 0 Å². The first-order valence-electron chi connectivity index (χ1n) is 4.32. The molecule has 0 fully saturated rings. The second-order valence-corrected chi connectivity index (χ2v) is 3.95. The molecule has 0 aromatic carbocycles. The maximum atomic E-state index is 11.4. The molecule has 0 aromatic rings. The number of hydrogen-bond donors (Lipinski definition) is 1. The zero-order valence-electron chi connectivity index (χ0n) is 8.26. The van der Waals surface area contributed by atoms with Crippen molar-refractivity contribution in [1.29, 1.82) is 0 Å². The zero-order chi connectivity index (χ0) is 10.4. The Morgan fingerprint density at radius 2 is 1.92 bits per heavy atom. The fourth-order valence-electron chi connectivity index (χ4n) is 1.07. The fourth-order valence-corrected chi connectivity index (χ4v) is 1.49. The molecule has 0 saturated heterocycles. The standard InChI is InChI=1S/C9H16BrNO2/c1-6(2)8(9(13)4-10)5-11-7(3)12/h6,8H,4-5H2,1-3H3,(H,11,12). The Morgan fingerprint density at radius 1 is 1.38 bits per heavy atom. The average Bonchev–Trinajstić information content (AvgIpc) is 2.03. The summed E-state index contributed by atoms with van der Waals surface area (Å²) < 4.78 is 0. The molecule has 1 N–H and O–H groups in total. The summed E-state index contributed by atoms with van der Waals surface area (Å²) >= 11 is 3.13. The van der Waals surface area contributed by atoms with Gasteiger partial charge in [-0.15, -0.1) is 0 Å². The molecule has 0 aliphatic carbocycles. The van der Waals surface area contributed by atoms with Gasteiger partial charge in [-0.1, -0.05) is 29.8 Å². The van der Waals surface area contributed by atoms with Crippen LogP contribution in [0.5, 0.6) is 0 Å². The van der Waals surface area contributed by atoms with Crippen molar-refractivity contribution in [2.24, 2.45) is 11.8 Å². The van der Waals surface area contributed by atoms with E-state index >= 15 is 0 Å². The van der Waals surface area contributed by atoms with Gasteiger partial charge in [-0.25, -0.2) is 0 Å². The monoisotopic (exact) mass is 249 g/mol. The molecule has 0 spiro atoms. The molecule has 0 radical (unpaired) electrons. The number of nitrogens with one attached hydrogen (secondary N) is 1. The average molecular weight is 250 g/mol. The molecule has 0 bridgehead atoms. The third-order valence-corrected chi connectivity index (χ3v) is 2.47. The highest BCUT2D eigenvalue weighted by atomic mass is 79.9. The Bertz CT molecular complexity index is 192. The molecule has 0 aromatic heterocycles. The summed E-state index contributed by atoms with van der Waals surface area (Å²) in [6, 6.07) is 0. The summed E-state index contributed by atoms with van der Waals surface area (Å²) in [6.45, 7) is 5.85. The van der Waals surface area contributed by atoms with Gasteiger partial charge in [0.2, 0.25) is 5.91 Å². The Balaban J connectivity index is 4.10. The third kappa shape index (κ3) is 5.03. The topological polar surface area (TPSA) is 46.2 Å². The highest BCUT2D eigenvalue weighted by Crippen LogP contribution is 2.12. The minimum absolute atomic E-state index is 0.0803. The van der Waals surface area contributed by atoms with E-state index in [-0.39, 0.29) is 23.5 Å². The molecule has 0 saturated carbocycles. The molecule has 76 valence electrons. The van der Waals surface area contributed by atoms with Gasteiger partial charge in [0.15, 0.2) is 0 Å². The maximum absolute atomic E-state index is 11.4. The van der Waals surface area contributed by atoms with Gasteiger partial charge in [0.25, 0.3) is 0 Å². The smallest absolute Gasteiger partial charge is 0.216 e. The summed E-state index contributed by atoms with van der Waals surface area (Å²) in [6.07, 6.45) is 0. The fraction of sp³-hybridized carbons (Fsp3) is 0.778. The normalized spacial score (nSPS) is 12.7. The Kier molecular flexibility index (Phi) is 5.95. The largest absolute Gasteiger partial charge is 0.356 e. The third-order valence-electron chi connectivity index (χ3n) is 1.92. The molecule has 1 atom stereocenters. The van der Waals surface area contributed by atoms with E-state index in [4.69, 9.17) is 0 Å². The molecule has 1 unspecified atom stereocenters. The number of Topliss-reactive ketones (excluding diaryl/α,β-unsaturated/α-hetero) is 1. The van der Waals surface area contributed by atoms with Crippen molar-refractivity contribution in [3.8, 4) is 0 Å². The van der Waals surface area contributed by atoms with E-state index in [9.17, 15) is 9.59 Å². The first kappa shape index (κ1) is 12.6. The van der Waals surface area contributed by atoms with E-state index in [2.05, 4.69) is 21.2 Å². The lowest BCUT2D eigenvalue weighted by Crippen LogP contribution is -2.35. The Labute approximate surface area is 87.4 Å². The lowest BCUT2D eigenvalue weighted by molar-refractivity contribution is -0.122. The quantitative estimate of drug-likeness (QED) is 0.749. The molecule has 0 heterocycles. The van der Waals surface area contributed by atoms with Crippen LogP contribution in [0, 0.1) is 11.8 Å². The molecular weight excluding hydrogens is 234 g/mol. The number of ketones is 1. The lowest BCUT2D eigenvalue weighted by Gasteiger charge is -2.18. The van der Waals surface area contributed by atoms with Crippen molar-refractivity contribution in [1.82, 2.24) is 5.32 Å². The second kappa shape index (κ2) is 6.13. The van der Waals surface area contributed by atoms with Crippen molar-refractivity contribution >= 4 is 27.6 Å².